The van der Waals surface area contributed by atoms with Gasteiger partial charge in [-0.15, -0.1) is 0 Å². The lowest BCUT2D eigenvalue weighted by molar-refractivity contribution is -0.0760. The third-order valence-corrected chi connectivity index (χ3v) is 5.16. The summed E-state index contributed by atoms with van der Waals surface area (Å²) in [6.07, 6.45) is 5.50. The monoisotopic (exact) mass is 360 g/mol. The maximum Gasteiger partial charge on any atom is 0.346 e. The largest absolute Gasteiger partial charge is 0.383 e. The molecule has 1 spiro atoms. The molecule has 4 heterocycles. The summed E-state index contributed by atoms with van der Waals surface area (Å²) in [4.78, 5) is 23.7. The summed E-state index contributed by atoms with van der Waals surface area (Å²) >= 11 is 0. The Balaban J connectivity index is 1.51. The van der Waals surface area contributed by atoms with Crippen molar-refractivity contribution in [2.75, 3.05) is 31.7 Å². The molecule has 1 fully saturated rings. The highest BCUT2D eigenvalue weighted by Crippen LogP contribution is 2.32. The van der Waals surface area contributed by atoms with Crippen LogP contribution in [0.1, 0.15) is 24.7 Å². The second kappa shape index (κ2) is 6.81. The summed E-state index contributed by atoms with van der Waals surface area (Å²) in [5, 5.41) is 4.36. The third kappa shape index (κ3) is 3.01. The molecule has 9 heteroatoms. The summed E-state index contributed by atoms with van der Waals surface area (Å²) in [6.45, 7) is 5.34. The van der Waals surface area contributed by atoms with Crippen molar-refractivity contribution in [3.63, 3.8) is 0 Å². The molecule has 9 nitrogen and oxygen atoms in total. The zero-order chi connectivity index (χ0) is 18.1. The lowest BCUT2D eigenvalue weighted by Gasteiger charge is -2.33. The van der Waals surface area contributed by atoms with E-state index in [1.54, 1.807) is 11.7 Å². The van der Waals surface area contributed by atoms with Crippen LogP contribution in [0.15, 0.2) is 17.2 Å². The van der Waals surface area contributed by atoms with Gasteiger partial charge in [0.05, 0.1) is 26.2 Å². The van der Waals surface area contributed by atoms with E-state index in [1.807, 2.05) is 12.4 Å². The predicted octanol–water partition coefficient (Wildman–Crippen LogP) is 0.223. The SMILES string of the molecule is CCc1cnc(N2CCC3(C2)Cn2c(nn(CCOC)c2=O)CO3)nc1. The van der Waals surface area contributed by atoms with Gasteiger partial charge in [0.1, 0.15) is 12.2 Å². The number of nitrogens with zero attached hydrogens (tertiary/aromatic N) is 6. The Bertz CT molecular complexity index is 830. The quantitative estimate of drug-likeness (QED) is 0.754. The maximum absolute atomic E-state index is 12.6. The second-order valence-electron chi connectivity index (χ2n) is 6.89. The van der Waals surface area contributed by atoms with E-state index in [2.05, 4.69) is 26.9 Å². The minimum atomic E-state index is -0.390. The Morgan fingerprint density at radius 1 is 1.31 bits per heavy atom. The van der Waals surface area contributed by atoms with Crippen LogP contribution < -0.4 is 10.6 Å². The molecule has 2 aliphatic rings. The van der Waals surface area contributed by atoms with E-state index in [-0.39, 0.29) is 5.69 Å². The van der Waals surface area contributed by atoms with Gasteiger partial charge in [-0.1, -0.05) is 6.92 Å². The Hall–Kier alpha value is -2.26. The molecular weight excluding hydrogens is 336 g/mol. The first kappa shape index (κ1) is 17.2. The summed E-state index contributed by atoms with van der Waals surface area (Å²) in [5.41, 5.74) is 0.636. The van der Waals surface area contributed by atoms with Crippen LogP contribution in [0, 0.1) is 0 Å². The van der Waals surface area contributed by atoms with Crippen LogP contribution in [0.4, 0.5) is 5.95 Å². The Morgan fingerprint density at radius 2 is 2.12 bits per heavy atom. The summed E-state index contributed by atoms with van der Waals surface area (Å²) in [6, 6.07) is 0. The number of anilines is 1. The fourth-order valence-electron chi connectivity index (χ4n) is 3.58. The molecular formula is C17H24N6O3. The first-order valence-electron chi connectivity index (χ1n) is 8.99. The van der Waals surface area contributed by atoms with Crippen molar-refractivity contribution in [1.29, 1.82) is 0 Å². The number of fused-ring (bicyclic) bond motifs is 1. The van der Waals surface area contributed by atoms with Crippen LogP contribution in [-0.4, -0.2) is 56.7 Å². The number of ether oxygens (including phenoxy) is 2. The summed E-state index contributed by atoms with van der Waals surface area (Å²) in [7, 11) is 1.61. The Morgan fingerprint density at radius 3 is 2.85 bits per heavy atom. The smallest absolute Gasteiger partial charge is 0.346 e. The summed E-state index contributed by atoms with van der Waals surface area (Å²) < 4.78 is 14.4. The minimum Gasteiger partial charge on any atom is -0.383 e. The number of aryl methyl sites for hydroxylation is 1. The zero-order valence-electron chi connectivity index (χ0n) is 15.2. The average molecular weight is 360 g/mol. The number of aromatic nitrogens is 5. The molecule has 2 aliphatic heterocycles. The van der Waals surface area contributed by atoms with E-state index in [0.717, 1.165) is 30.9 Å². The van der Waals surface area contributed by atoms with Crippen molar-refractivity contribution in [3.8, 4) is 0 Å². The van der Waals surface area contributed by atoms with E-state index in [9.17, 15) is 4.79 Å². The minimum absolute atomic E-state index is 0.0956. The molecule has 0 saturated carbocycles. The van der Waals surface area contributed by atoms with Crippen molar-refractivity contribution in [2.24, 2.45) is 0 Å². The van der Waals surface area contributed by atoms with Gasteiger partial charge in [-0.05, 0) is 18.4 Å². The number of methoxy groups -OCH3 is 1. The van der Waals surface area contributed by atoms with E-state index in [1.165, 1.54) is 4.68 Å². The predicted molar refractivity (Wildman–Crippen MR) is 94.1 cm³/mol. The Kier molecular flexibility index (Phi) is 4.49. The molecule has 0 amide bonds. The second-order valence-corrected chi connectivity index (χ2v) is 6.89. The maximum atomic E-state index is 12.6. The highest BCUT2D eigenvalue weighted by Gasteiger charge is 2.44. The van der Waals surface area contributed by atoms with Crippen molar-refractivity contribution in [2.45, 2.75) is 45.1 Å². The molecule has 2 aromatic rings. The van der Waals surface area contributed by atoms with Gasteiger partial charge in [0.2, 0.25) is 5.95 Å². The molecule has 0 aliphatic carbocycles. The van der Waals surface area contributed by atoms with Gasteiger partial charge in [0.15, 0.2) is 5.82 Å². The van der Waals surface area contributed by atoms with Crippen LogP contribution in [-0.2, 0) is 35.6 Å². The van der Waals surface area contributed by atoms with Crippen LogP contribution >= 0.6 is 0 Å². The zero-order valence-corrected chi connectivity index (χ0v) is 15.2. The topological polar surface area (TPSA) is 87.3 Å². The van der Waals surface area contributed by atoms with Crippen LogP contribution in [0.2, 0.25) is 0 Å². The van der Waals surface area contributed by atoms with Crippen molar-refractivity contribution < 1.29 is 9.47 Å². The van der Waals surface area contributed by atoms with E-state index in [4.69, 9.17) is 9.47 Å². The molecule has 0 bridgehead atoms. The first-order valence-corrected chi connectivity index (χ1v) is 8.99. The molecule has 140 valence electrons. The van der Waals surface area contributed by atoms with E-state index < -0.39 is 5.60 Å². The highest BCUT2D eigenvalue weighted by atomic mass is 16.5. The van der Waals surface area contributed by atoms with Crippen molar-refractivity contribution in [1.82, 2.24) is 24.3 Å². The number of rotatable bonds is 5. The molecule has 1 saturated heterocycles. The lowest BCUT2D eigenvalue weighted by Crippen LogP contribution is -2.46. The van der Waals surface area contributed by atoms with Gasteiger partial charge in [0.25, 0.3) is 0 Å². The highest BCUT2D eigenvalue weighted by molar-refractivity contribution is 5.33. The van der Waals surface area contributed by atoms with Crippen LogP contribution in [0.25, 0.3) is 0 Å². The fraction of sp³-hybridized carbons (Fsp3) is 0.647. The average Bonchev–Trinajstić information content (AvgIpc) is 3.22. The van der Waals surface area contributed by atoms with Gasteiger partial charge in [0, 0.05) is 26.0 Å². The number of hydrogen-bond donors (Lipinski definition) is 0. The lowest BCUT2D eigenvalue weighted by atomic mass is 10.0. The first-order chi connectivity index (χ1) is 12.6. The molecule has 1 unspecified atom stereocenters. The molecule has 26 heavy (non-hydrogen) atoms. The fourth-order valence-corrected chi connectivity index (χ4v) is 3.58. The van der Waals surface area contributed by atoms with Gasteiger partial charge in [-0.2, -0.15) is 5.10 Å². The Labute approximate surface area is 151 Å². The van der Waals surface area contributed by atoms with Gasteiger partial charge < -0.3 is 14.4 Å². The van der Waals surface area contributed by atoms with E-state index in [0.29, 0.717) is 38.7 Å². The molecule has 1 atom stereocenters. The van der Waals surface area contributed by atoms with Crippen molar-refractivity contribution in [3.05, 3.63) is 34.3 Å². The molecule has 0 radical (unpaired) electrons. The third-order valence-electron chi connectivity index (χ3n) is 5.16. The molecule has 0 aromatic carbocycles. The molecule has 4 rings (SSSR count). The van der Waals surface area contributed by atoms with Gasteiger partial charge in [-0.25, -0.2) is 19.4 Å². The van der Waals surface area contributed by atoms with Crippen LogP contribution in [0.3, 0.4) is 0 Å². The normalized spacial score (nSPS) is 22.2. The van der Waals surface area contributed by atoms with Gasteiger partial charge >= 0.3 is 5.69 Å². The summed E-state index contributed by atoms with van der Waals surface area (Å²) in [5.74, 6) is 1.40. The van der Waals surface area contributed by atoms with Crippen molar-refractivity contribution >= 4 is 5.95 Å². The van der Waals surface area contributed by atoms with E-state index >= 15 is 0 Å². The number of hydrogen-bond acceptors (Lipinski definition) is 7. The van der Waals surface area contributed by atoms with Crippen LogP contribution in [0.5, 0.6) is 0 Å². The standard InChI is InChI=1S/C17H24N6O3/c1-3-13-8-18-15(19-9-13)21-5-4-17(11-21)12-22-14(10-26-17)20-23(16(22)24)6-7-25-2/h8-9H,3-7,10-12H2,1-2H3. The van der Waals surface area contributed by atoms with Gasteiger partial charge in [-0.3, -0.25) is 4.57 Å². The molecule has 0 N–H and O–H groups in total. The molecule has 2 aromatic heterocycles.